The molecular weight excluding hydrogens is 500 g/mol. The first-order valence-electron chi connectivity index (χ1n) is 13.7. The third kappa shape index (κ3) is 5.67. The number of methoxy groups -OCH3 is 1. The van der Waals surface area contributed by atoms with Gasteiger partial charge < -0.3 is 19.7 Å². The Morgan fingerprint density at radius 2 is 1.60 bits per heavy atom. The number of hydrogen-bond acceptors (Lipinski definition) is 6. The number of carbonyl (C=O) groups excluding carboxylic acids is 2. The van der Waals surface area contributed by atoms with Crippen LogP contribution in [0.2, 0.25) is 0 Å². The van der Waals surface area contributed by atoms with Gasteiger partial charge in [-0.05, 0) is 60.2 Å². The number of dihydropyridines is 1. The van der Waals surface area contributed by atoms with Gasteiger partial charge in [-0.3, -0.25) is 4.79 Å². The number of carbonyl (C=O) groups is 2. The molecule has 2 atom stereocenters. The first-order chi connectivity index (χ1) is 19.4. The SMILES string of the molecule is COc1ccc([C@@H]2CC(=O)C3=C(C2)NC(C)=C(C(=O)OCCc2ccccc2)[C@H]3c2ccc(N(C)C)cc2)cc1. The van der Waals surface area contributed by atoms with Gasteiger partial charge in [-0.1, -0.05) is 54.6 Å². The molecule has 5 rings (SSSR count). The van der Waals surface area contributed by atoms with Crippen LogP contribution in [0.4, 0.5) is 5.69 Å². The molecule has 1 aliphatic carbocycles. The number of esters is 1. The van der Waals surface area contributed by atoms with Crippen LogP contribution in [0.3, 0.4) is 0 Å². The summed E-state index contributed by atoms with van der Waals surface area (Å²) in [7, 11) is 5.63. The van der Waals surface area contributed by atoms with E-state index in [0.29, 0.717) is 30.4 Å². The van der Waals surface area contributed by atoms with Crippen LogP contribution in [0.1, 0.15) is 48.3 Å². The van der Waals surface area contributed by atoms with Gasteiger partial charge in [-0.2, -0.15) is 0 Å². The fourth-order valence-corrected chi connectivity index (χ4v) is 5.70. The number of allylic oxidation sites excluding steroid dienone is 3. The van der Waals surface area contributed by atoms with E-state index in [1.54, 1.807) is 7.11 Å². The molecule has 3 aromatic rings. The van der Waals surface area contributed by atoms with Crippen molar-refractivity contribution in [2.75, 3.05) is 32.7 Å². The molecule has 0 saturated carbocycles. The van der Waals surface area contributed by atoms with Crippen LogP contribution in [0, 0.1) is 0 Å². The van der Waals surface area contributed by atoms with Gasteiger partial charge in [0.15, 0.2) is 5.78 Å². The molecule has 0 amide bonds. The molecule has 6 nitrogen and oxygen atoms in total. The van der Waals surface area contributed by atoms with Gasteiger partial charge in [0, 0.05) is 55.5 Å². The van der Waals surface area contributed by atoms with Crippen molar-refractivity contribution in [3.63, 3.8) is 0 Å². The molecule has 2 aliphatic rings. The van der Waals surface area contributed by atoms with Crippen molar-refractivity contribution >= 4 is 17.4 Å². The largest absolute Gasteiger partial charge is 0.497 e. The van der Waals surface area contributed by atoms with Gasteiger partial charge in [0.05, 0.1) is 19.3 Å². The van der Waals surface area contributed by atoms with E-state index in [1.165, 1.54) is 0 Å². The molecule has 0 radical (unpaired) electrons. The molecule has 6 heteroatoms. The van der Waals surface area contributed by atoms with E-state index in [4.69, 9.17) is 9.47 Å². The molecule has 40 heavy (non-hydrogen) atoms. The van der Waals surface area contributed by atoms with Crippen molar-refractivity contribution in [3.8, 4) is 5.75 Å². The van der Waals surface area contributed by atoms with Crippen molar-refractivity contribution in [2.45, 2.75) is 38.0 Å². The van der Waals surface area contributed by atoms with Crippen LogP contribution in [-0.4, -0.2) is 39.6 Å². The van der Waals surface area contributed by atoms with Crippen LogP contribution in [0.25, 0.3) is 0 Å². The van der Waals surface area contributed by atoms with Gasteiger partial charge in [-0.25, -0.2) is 4.79 Å². The Morgan fingerprint density at radius 1 is 0.925 bits per heavy atom. The van der Waals surface area contributed by atoms with E-state index < -0.39 is 5.92 Å². The molecule has 0 aromatic heterocycles. The minimum Gasteiger partial charge on any atom is -0.497 e. The summed E-state index contributed by atoms with van der Waals surface area (Å²) in [5.41, 5.74) is 6.95. The first kappa shape index (κ1) is 27.3. The Labute approximate surface area is 236 Å². The smallest absolute Gasteiger partial charge is 0.336 e. The summed E-state index contributed by atoms with van der Waals surface area (Å²) in [5.74, 6) is 0.0178. The number of anilines is 1. The maximum Gasteiger partial charge on any atom is 0.336 e. The Balaban J connectivity index is 1.46. The summed E-state index contributed by atoms with van der Waals surface area (Å²) >= 11 is 0. The summed E-state index contributed by atoms with van der Waals surface area (Å²) in [4.78, 5) is 29.5. The van der Waals surface area contributed by atoms with E-state index in [0.717, 1.165) is 39.5 Å². The molecule has 1 N–H and O–H groups in total. The first-order valence-corrected chi connectivity index (χ1v) is 13.7. The second-order valence-corrected chi connectivity index (χ2v) is 10.6. The summed E-state index contributed by atoms with van der Waals surface area (Å²) in [6.45, 7) is 2.17. The predicted molar refractivity (Wildman–Crippen MR) is 157 cm³/mol. The maximum atomic E-state index is 13.9. The van der Waals surface area contributed by atoms with Gasteiger partial charge >= 0.3 is 5.97 Å². The number of Topliss-reactive ketones (excluding diaryl/α,β-unsaturated/α-hetero) is 1. The maximum absolute atomic E-state index is 13.9. The Hall–Kier alpha value is -4.32. The summed E-state index contributed by atoms with van der Waals surface area (Å²) in [5, 5.41) is 3.44. The van der Waals surface area contributed by atoms with E-state index >= 15 is 0 Å². The number of rotatable bonds is 8. The van der Waals surface area contributed by atoms with Crippen molar-refractivity contribution in [2.24, 2.45) is 0 Å². The van der Waals surface area contributed by atoms with Gasteiger partial charge in [0.1, 0.15) is 5.75 Å². The number of ketones is 1. The minimum absolute atomic E-state index is 0.0496. The molecule has 206 valence electrons. The number of nitrogens with zero attached hydrogens (tertiary/aromatic N) is 1. The number of ether oxygens (including phenoxy) is 2. The monoisotopic (exact) mass is 536 g/mol. The lowest BCUT2D eigenvalue weighted by atomic mass is 9.71. The fourth-order valence-electron chi connectivity index (χ4n) is 5.70. The van der Waals surface area contributed by atoms with E-state index in [9.17, 15) is 9.59 Å². The van der Waals surface area contributed by atoms with Gasteiger partial charge in [0.25, 0.3) is 0 Å². The van der Waals surface area contributed by atoms with Gasteiger partial charge in [0.2, 0.25) is 0 Å². The number of hydrogen-bond donors (Lipinski definition) is 1. The van der Waals surface area contributed by atoms with Crippen LogP contribution in [0.5, 0.6) is 5.75 Å². The summed E-state index contributed by atoms with van der Waals surface area (Å²) in [6.07, 6.45) is 1.70. The lowest BCUT2D eigenvalue weighted by Gasteiger charge is -2.37. The Morgan fingerprint density at radius 3 is 2.25 bits per heavy atom. The average molecular weight is 537 g/mol. The van der Waals surface area contributed by atoms with Crippen LogP contribution < -0.4 is 15.0 Å². The third-order valence-corrected chi connectivity index (χ3v) is 7.84. The van der Waals surface area contributed by atoms with Crippen LogP contribution in [0.15, 0.2) is 101 Å². The zero-order chi connectivity index (χ0) is 28.2. The van der Waals surface area contributed by atoms with Crippen LogP contribution >= 0.6 is 0 Å². The highest BCUT2D eigenvalue weighted by Gasteiger charge is 2.41. The van der Waals surface area contributed by atoms with E-state index in [2.05, 4.69) is 5.32 Å². The standard InChI is InChI=1S/C34H36N2O4/c1-22-31(34(38)40-19-18-23-8-6-5-7-9-23)32(25-10-14-27(15-11-25)36(2)3)33-29(35-22)20-26(21-30(33)37)24-12-16-28(39-4)17-13-24/h5-17,26,32,35H,18-21H2,1-4H3/t26-,32+/m0/s1. The van der Waals surface area contributed by atoms with Gasteiger partial charge in [-0.15, -0.1) is 0 Å². The molecule has 0 bridgehead atoms. The third-order valence-electron chi connectivity index (χ3n) is 7.84. The lowest BCUT2D eigenvalue weighted by molar-refractivity contribution is -0.139. The quantitative estimate of drug-likeness (QED) is 0.361. The van der Waals surface area contributed by atoms with Crippen LogP contribution in [-0.2, 0) is 20.7 Å². The topological polar surface area (TPSA) is 67.9 Å². The molecule has 0 fully saturated rings. The minimum atomic E-state index is -0.485. The molecule has 1 heterocycles. The molecule has 1 aliphatic heterocycles. The molecular formula is C34H36N2O4. The second kappa shape index (κ2) is 11.8. The second-order valence-electron chi connectivity index (χ2n) is 10.6. The van der Waals surface area contributed by atoms with E-state index in [1.807, 2.05) is 105 Å². The molecule has 3 aromatic carbocycles. The zero-order valence-corrected chi connectivity index (χ0v) is 23.6. The van der Waals surface area contributed by atoms with Crippen molar-refractivity contribution in [1.82, 2.24) is 5.32 Å². The number of benzene rings is 3. The highest BCUT2D eigenvalue weighted by molar-refractivity contribution is 6.04. The van der Waals surface area contributed by atoms with Crippen molar-refractivity contribution < 1.29 is 19.1 Å². The average Bonchev–Trinajstić information content (AvgIpc) is 2.97. The summed E-state index contributed by atoms with van der Waals surface area (Å²) in [6, 6.07) is 26.0. The Bertz CT molecular complexity index is 1440. The Kier molecular flexibility index (Phi) is 8.06. The molecule has 0 unspecified atom stereocenters. The highest BCUT2D eigenvalue weighted by atomic mass is 16.5. The molecule has 0 saturated heterocycles. The normalized spacial score (nSPS) is 18.6. The fraction of sp³-hybridized carbons (Fsp3) is 0.294. The number of nitrogens with one attached hydrogen (secondary N) is 1. The predicted octanol–water partition coefficient (Wildman–Crippen LogP) is 5.91. The van der Waals surface area contributed by atoms with Crippen molar-refractivity contribution in [1.29, 1.82) is 0 Å². The zero-order valence-electron chi connectivity index (χ0n) is 23.6. The molecule has 0 spiro atoms. The summed E-state index contributed by atoms with van der Waals surface area (Å²) < 4.78 is 11.1. The highest BCUT2D eigenvalue weighted by Crippen LogP contribution is 2.46. The lowest BCUT2D eigenvalue weighted by Crippen LogP contribution is -2.36. The van der Waals surface area contributed by atoms with Crippen molar-refractivity contribution in [3.05, 3.63) is 118 Å². The van der Waals surface area contributed by atoms with E-state index in [-0.39, 0.29) is 24.3 Å².